The summed E-state index contributed by atoms with van der Waals surface area (Å²) < 4.78 is 6.06. The summed E-state index contributed by atoms with van der Waals surface area (Å²) in [6, 6.07) is 6.05. The number of ether oxygens (including phenoxy) is 1. The lowest BCUT2D eigenvalue weighted by atomic mass is 10.0. The number of amides is 2. The average molecular weight is 420 g/mol. The molecule has 0 aliphatic carbocycles. The number of hydrogen-bond acceptors (Lipinski definition) is 5. The van der Waals surface area contributed by atoms with Gasteiger partial charge >= 0.3 is 0 Å². The first kappa shape index (κ1) is 24.2. The van der Waals surface area contributed by atoms with Crippen molar-refractivity contribution in [2.24, 2.45) is 0 Å². The standard InChI is InChI=1S/C23H37N3O4/c1-17(2)26-14-20-13-19(8-10-22(28)25-18(3)16-27)7-9-21(20)30-12-6-4-5-11-24-23(29)15-26/h7,9,13,17-18,27H,4-6,8,10-12,14-16H2,1-3H3,(H,24,29)(H,25,28)/t18-/m0/s1. The minimum Gasteiger partial charge on any atom is -0.493 e. The molecule has 0 saturated carbocycles. The number of rotatable bonds is 6. The fourth-order valence-electron chi connectivity index (χ4n) is 3.40. The van der Waals surface area contributed by atoms with Crippen molar-refractivity contribution in [3.8, 4) is 5.75 Å². The van der Waals surface area contributed by atoms with Gasteiger partial charge in [-0.3, -0.25) is 14.5 Å². The summed E-state index contributed by atoms with van der Waals surface area (Å²) in [4.78, 5) is 26.5. The Kier molecular flexibility index (Phi) is 10.1. The van der Waals surface area contributed by atoms with Gasteiger partial charge < -0.3 is 20.5 Å². The van der Waals surface area contributed by atoms with Crippen molar-refractivity contribution in [1.29, 1.82) is 0 Å². The Morgan fingerprint density at radius 1 is 1.23 bits per heavy atom. The first-order chi connectivity index (χ1) is 14.4. The second-order valence-corrected chi connectivity index (χ2v) is 8.35. The van der Waals surface area contributed by atoms with Crippen molar-refractivity contribution in [3.63, 3.8) is 0 Å². The minimum absolute atomic E-state index is 0.0521. The minimum atomic E-state index is -0.239. The van der Waals surface area contributed by atoms with E-state index in [9.17, 15) is 9.59 Å². The number of fused-ring (bicyclic) bond motifs is 1. The fourth-order valence-corrected chi connectivity index (χ4v) is 3.40. The topological polar surface area (TPSA) is 90.9 Å². The third kappa shape index (κ3) is 8.32. The Bertz CT molecular complexity index is 693. The average Bonchev–Trinajstić information content (AvgIpc) is 2.72. The van der Waals surface area contributed by atoms with Gasteiger partial charge in [0.05, 0.1) is 19.8 Å². The van der Waals surface area contributed by atoms with E-state index in [1.807, 2.05) is 12.1 Å². The van der Waals surface area contributed by atoms with Gasteiger partial charge in [-0.05, 0) is 58.1 Å². The number of aryl methyl sites for hydroxylation is 1. The van der Waals surface area contributed by atoms with Gasteiger partial charge in [-0.2, -0.15) is 0 Å². The van der Waals surface area contributed by atoms with E-state index < -0.39 is 0 Å². The Hall–Kier alpha value is -2.12. The van der Waals surface area contributed by atoms with Gasteiger partial charge in [0.25, 0.3) is 0 Å². The molecule has 30 heavy (non-hydrogen) atoms. The quantitative estimate of drug-likeness (QED) is 0.656. The molecular formula is C23H37N3O4. The highest BCUT2D eigenvalue weighted by Gasteiger charge is 2.18. The van der Waals surface area contributed by atoms with Crippen LogP contribution in [0.2, 0.25) is 0 Å². The molecule has 1 heterocycles. The molecular weight excluding hydrogens is 382 g/mol. The zero-order valence-electron chi connectivity index (χ0n) is 18.6. The molecule has 1 atom stereocenters. The van der Waals surface area contributed by atoms with E-state index in [1.54, 1.807) is 6.92 Å². The molecule has 0 unspecified atom stereocenters. The Morgan fingerprint density at radius 2 is 2.03 bits per heavy atom. The predicted octanol–water partition coefficient (Wildman–Crippen LogP) is 2.01. The SMILES string of the molecule is CC(C)N1CC(=O)NCCCCCOc2ccc(CCC(=O)N[C@@H](C)CO)cc2C1. The smallest absolute Gasteiger partial charge is 0.234 e. The van der Waals surface area contributed by atoms with Crippen LogP contribution in [0.5, 0.6) is 5.75 Å². The lowest BCUT2D eigenvalue weighted by molar-refractivity contribution is -0.123. The van der Waals surface area contributed by atoms with Crippen LogP contribution in [0.15, 0.2) is 18.2 Å². The van der Waals surface area contributed by atoms with Gasteiger partial charge in [0.1, 0.15) is 5.75 Å². The number of aliphatic hydroxyl groups is 1. The summed E-state index contributed by atoms with van der Waals surface area (Å²) in [6.45, 7) is 8.20. The van der Waals surface area contributed by atoms with E-state index in [1.165, 1.54) is 0 Å². The summed E-state index contributed by atoms with van der Waals surface area (Å²) in [6.07, 6.45) is 3.90. The van der Waals surface area contributed by atoms with Gasteiger partial charge in [-0.15, -0.1) is 0 Å². The van der Waals surface area contributed by atoms with Gasteiger partial charge in [0.15, 0.2) is 0 Å². The number of carbonyl (C=O) groups excluding carboxylic acids is 2. The fraction of sp³-hybridized carbons (Fsp3) is 0.652. The monoisotopic (exact) mass is 419 g/mol. The van der Waals surface area contributed by atoms with Crippen LogP contribution in [-0.4, -0.2) is 60.2 Å². The van der Waals surface area contributed by atoms with Crippen molar-refractivity contribution in [2.45, 2.75) is 71.5 Å². The summed E-state index contributed by atoms with van der Waals surface area (Å²) in [5.74, 6) is 0.830. The van der Waals surface area contributed by atoms with Crippen molar-refractivity contribution < 1.29 is 19.4 Å². The van der Waals surface area contributed by atoms with Crippen LogP contribution in [0, 0.1) is 0 Å². The van der Waals surface area contributed by atoms with Crippen LogP contribution < -0.4 is 15.4 Å². The molecule has 0 radical (unpaired) electrons. The van der Waals surface area contributed by atoms with Gasteiger partial charge in [0, 0.05) is 37.2 Å². The molecule has 0 fully saturated rings. The second kappa shape index (κ2) is 12.5. The number of nitrogens with one attached hydrogen (secondary N) is 2. The molecule has 1 aromatic carbocycles. The second-order valence-electron chi connectivity index (χ2n) is 8.35. The lowest BCUT2D eigenvalue weighted by Gasteiger charge is -2.27. The number of hydrogen-bond donors (Lipinski definition) is 3. The molecule has 0 bridgehead atoms. The van der Waals surface area contributed by atoms with Gasteiger partial charge in [-0.25, -0.2) is 0 Å². The van der Waals surface area contributed by atoms with Crippen LogP contribution in [-0.2, 0) is 22.6 Å². The Balaban J connectivity index is 2.14. The zero-order chi connectivity index (χ0) is 21.9. The van der Waals surface area contributed by atoms with Crippen molar-refractivity contribution >= 4 is 11.8 Å². The molecule has 3 N–H and O–H groups in total. The van der Waals surface area contributed by atoms with E-state index in [4.69, 9.17) is 9.84 Å². The van der Waals surface area contributed by atoms with E-state index in [0.29, 0.717) is 39.1 Å². The summed E-state index contributed by atoms with van der Waals surface area (Å²) in [5, 5.41) is 14.9. The molecule has 2 rings (SSSR count). The summed E-state index contributed by atoms with van der Waals surface area (Å²) in [7, 11) is 0. The maximum Gasteiger partial charge on any atom is 0.234 e. The predicted molar refractivity (Wildman–Crippen MR) is 117 cm³/mol. The molecule has 0 aromatic heterocycles. The van der Waals surface area contributed by atoms with Crippen molar-refractivity contribution in [1.82, 2.24) is 15.5 Å². The molecule has 7 nitrogen and oxygen atoms in total. The summed E-state index contributed by atoms with van der Waals surface area (Å²) in [5.41, 5.74) is 2.10. The van der Waals surface area contributed by atoms with Crippen LogP contribution in [0.4, 0.5) is 0 Å². The van der Waals surface area contributed by atoms with Crippen LogP contribution >= 0.6 is 0 Å². The Morgan fingerprint density at radius 3 is 2.77 bits per heavy atom. The van der Waals surface area contributed by atoms with Crippen LogP contribution in [0.3, 0.4) is 0 Å². The van der Waals surface area contributed by atoms with Crippen molar-refractivity contribution in [2.75, 3.05) is 26.3 Å². The zero-order valence-corrected chi connectivity index (χ0v) is 18.6. The van der Waals surface area contributed by atoms with E-state index >= 15 is 0 Å². The Labute approximate surface area is 180 Å². The third-order valence-electron chi connectivity index (χ3n) is 5.30. The normalized spacial score (nSPS) is 17.6. The highest BCUT2D eigenvalue weighted by atomic mass is 16.5. The highest BCUT2D eigenvalue weighted by Crippen LogP contribution is 2.24. The maximum absolute atomic E-state index is 12.3. The molecule has 1 aromatic rings. The molecule has 168 valence electrons. The number of nitrogens with zero attached hydrogens (tertiary/aromatic N) is 1. The van der Waals surface area contributed by atoms with Gasteiger partial charge in [0.2, 0.25) is 11.8 Å². The van der Waals surface area contributed by atoms with Crippen molar-refractivity contribution in [3.05, 3.63) is 29.3 Å². The molecule has 1 aliphatic rings. The first-order valence-corrected chi connectivity index (χ1v) is 11.0. The number of benzene rings is 1. The molecule has 0 spiro atoms. The van der Waals surface area contributed by atoms with Crippen LogP contribution in [0.1, 0.15) is 57.6 Å². The molecule has 1 aliphatic heterocycles. The highest BCUT2D eigenvalue weighted by molar-refractivity contribution is 5.78. The van der Waals surface area contributed by atoms with E-state index in [2.05, 4.69) is 35.4 Å². The number of aliphatic hydroxyl groups excluding tert-OH is 1. The largest absolute Gasteiger partial charge is 0.493 e. The van der Waals surface area contributed by atoms with Crippen LogP contribution in [0.25, 0.3) is 0 Å². The van der Waals surface area contributed by atoms with Gasteiger partial charge in [-0.1, -0.05) is 12.1 Å². The number of carbonyl (C=O) groups is 2. The third-order valence-corrected chi connectivity index (χ3v) is 5.30. The van der Waals surface area contributed by atoms with E-state index in [0.717, 1.165) is 36.1 Å². The summed E-state index contributed by atoms with van der Waals surface area (Å²) >= 11 is 0. The van der Waals surface area contributed by atoms with E-state index in [-0.39, 0.29) is 30.5 Å². The maximum atomic E-state index is 12.3. The lowest BCUT2D eigenvalue weighted by Crippen LogP contribution is -2.40. The molecule has 0 saturated heterocycles. The molecule has 2 amide bonds. The first-order valence-electron chi connectivity index (χ1n) is 11.0. The molecule has 7 heteroatoms.